The number of nitriles is 1. The quantitative estimate of drug-likeness (QED) is 0.492. The summed E-state index contributed by atoms with van der Waals surface area (Å²) in [4.78, 5) is 4.16. The number of oxazole rings is 1. The van der Waals surface area contributed by atoms with Gasteiger partial charge in [-0.1, -0.05) is 42.5 Å². The highest BCUT2D eigenvalue weighted by atomic mass is 16.5. The Kier molecular flexibility index (Phi) is 5.07. The molecule has 4 rings (SSSR count). The first-order chi connectivity index (χ1) is 13.8. The van der Waals surface area contributed by atoms with Crippen LogP contribution in [-0.2, 0) is 13.2 Å². The van der Waals surface area contributed by atoms with Crippen molar-refractivity contribution in [2.24, 2.45) is 0 Å². The fourth-order valence-corrected chi connectivity index (χ4v) is 2.72. The van der Waals surface area contributed by atoms with E-state index in [9.17, 15) is 5.26 Å². The van der Waals surface area contributed by atoms with Gasteiger partial charge >= 0.3 is 0 Å². The molecule has 0 fully saturated rings. The van der Waals surface area contributed by atoms with Crippen molar-refractivity contribution in [2.75, 3.05) is 5.32 Å². The molecule has 6 nitrogen and oxygen atoms in total. The van der Waals surface area contributed by atoms with Gasteiger partial charge in [-0.25, -0.2) is 0 Å². The Balaban J connectivity index is 1.38. The summed E-state index contributed by atoms with van der Waals surface area (Å²) in [6.45, 7) is 0.528. The lowest BCUT2D eigenvalue weighted by Gasteiger charge is -2.05. The van der Waals surface area contributed by atoms with Gasteiger partial charge in [-0.05, 0) is 35.4 Å². The number of hydrogen-bond donors (Lipinski definition) is 1. The van der Waals surface area contributed by atoms with Crippen molar-refractivity contribution >= 4 is 5.88 Å². The first kappa shape index (κ1) is 17.4. The molecule has 0 bridgehead atoms. The molecule has 0 aliphatic heterocycles. The molecule has 2 aromatic carbocycles. The molecule has 0 spiro atoms. The molecule has 1 N–H and O–H groups in total. The van der Waals surface area contributed by atoms with Crippen LogP contribution in [0.5, 0.6) is 5.75 Å². The molecule has 4 aromatic rings. The van der Waals surface area contributed by atoms with Gasteiger partial charge in [0.1, 0.15) is 17.6 Å². The highest BCUT2D eigenvalue weighted by molar-refractivity contribution is 5.63. The molecule has 0 amide bonds. The van der Waals surface area contributed by atoms with Crippen molar-refractivity contribution in [3.63, 3.8) is 0 Å². The number of rotatable bonds is 7. The molecule has 0 aliphatic carbocycles. The Hall–Kier alpha value is -3.98. The Morgan fingerprint density at radius 2 is 1.75 bits per heavy atom. The third-order valence-corrected chi connectivity index (χ3v) is 4.10. The second-order valence-electron chi connectivity index (χ2n) is 6.01. The smallest absolute Gasteiger partial charge is 0.236 e. The van der Waals surface area contributed by atoms with Crippen LogP contribution in [0.3, 0.4) is 0 Å². The largest absolute Gasteiger partial charge is 0.484 e. The minimum atomic E-state index is 0.127. The maximum Gasteiger partial charge on any atom is 0.236 e. The van der Waals surface area contributed by atoms with Gasteiger partial charge in [-0.2, -0.15) is 10.2 Å². The van der Waals surface area contributed by atoms with Crippen molar-refractivity contribution in [3.8, 4) is 22.9 Å². The molecule has 2 heterocycles. The fourth-order valence-electron chi connectivity index (χ4n) is 2.72. The Morgan fingerprint density at radius 1 is 0.964 bits per heavy atom. The van der Waals surface area contributed by atoms with Crippen molar-refractivity contribution in [1.82, 2.24) is 4.98 Å². The molecule has 28 heavy (non-hydrogen) atoms. The SMILES string of the molecule is N#Cc1nc(COc2ccc(-c3ccccc3)cc2)oc1NCc1ccco1. The van der Waals surface area contributed by atoms with Gasteiger partial charge in [0.25, 0.3) is 0 Å². The predicted octanol–water partition coefficient (Wildman–Crippen LogP) is 5.00. The number of ether oxygens (including phenoxy) is 1. The molecule has 0 saturated heterocycles. The second-order valence-corrected chi connectivity index (χ2v) is 6.01. The number of hydrogen-bond acceptors (Lipinski definition) is 6. The van der Waals surface area contributed by atoms with Crippen LogP contribution >= 0.6 is 0 Å². The molecule has 0 unspecified atom stereocenters. The highest BCUT2D eigenvalue weighted by Gasteiger charge is 2.14. The summed E-state index contributed by atoms with van der Waals surface area (Å²) >= 11 is 0. The topological polar surface area (TPSA) is 84.2 Å². The number of aromatic nitrogens is 1. The van der Waals surface area contributed by atoms with Gasteiger partial charge in [0.05, 0.1) is 12.8 Å². The minimum Gasteiger partial charge on any atom is -0.484 e. The van der Waals surface area contributed by atoms with Crippen LogP contribution in [0.2, 0.25) is 0 Å². The minimum absolute atomic E-state index is 0.127. The maximum atomic E-state index is 9.24. The van der Waals surface area contributed by atoms with Crippen molar-refractivity contribution < 1.29 is 13.6 Å². The summed E-state index contributed by atoms with van der Waals surface area (Å²) in [6, 6.07) is 23.6. The first-order valence-electron chi connectivity index (χ1n) is 8.76. The van der Waals surface area contributed by atoms with Gasteiger partial charge in [0, 0.05) is 0 Å². The zero-order valence-corrected chi connectivity index (χ0v) is 15.0. The van der Waals surface area contributed by atoms with Gasteiger partial charge < -0.3 is 18.9 Å². The Labute approximate surface area is 162 Å². The first-order valence-corrected chi connectivity index (χ1v) is 8.76. The lowest BCUT2D eigenvalue weighted by molar-refractivity contribution is 0.264. The van der Waals surface area contributed by atoms with E-state index in [2.05, 4.69) is 22.4 Å². The summed E-state index contributed by atoms with van der Waals surface area (Å²) in [7, 11) is 0. The van der Waals surface area contributed by atoms with Gasteiger partial charge in [-0.15, -0.1) is 0 Å². The van der Waals surface area contributed by atoms with Crippen molar-refractivity contribution in [1.29, 1.82) is 5.26 Å². The predicted molar refractivity (Wildman–Crippen MR) is 103 cm³/mol. The van der Waals surface area contributed by atoms with E-state index in [4.69, 9.17) is 13.6 Å². The number of anilines is 1. The average Bonchev–Trinajstić information content (AvgIpc) is 3.41. The lowest BCUT2D eigenvalue weighted by atomic mass is 10.1. The monoisotopic (exact) mass is 371 g/mol. The zero-order chi connectivity index (χ0) is 19.2. The van der Waals surface area contributed by atoms with Crippen LogP contribution in [0.25, 0.3) is 11.1 Å². The van der Waals surface area contributed by atoms with Crippen LogP contribution in [-0.4, -0.2) is 4.98 Å². The lowest BCUT2D eigenvalue weighted by Crippen LogP contribution is -1.98. The molecule has 0 saturated carbocycles. The average molecular weight is 371 g/mol. The number of nitrogens with one attached hydrogen (secondary N) is 1. The van der Waals surface area contributed by atoms with Crippen molar-refractivity contribution in [2.45, 2.75) is 13.2 Å². The van der Waals surface area contributed by atoms with E-state index in [1.807, 2.05) is 54.6 Å². The summed E-state index contributed by atoms with van der Waals surface area (Å²) < 4.78 is 16.6. The van der Waals surface area contributed by atoms with Gasteiger partial charge in [0.2, 0.25) is 17.5 Å². The zero-order valence-electron chi connectivity index (χ0n) is 15.0. The molecule has 0 atom stereocenters. The van der Waals surface area contributed by atoms with E-state index in [1.165, 1.54) is 0 Å². The Morgan fingerprint density at radius 3 is 2.46 bits per heavy atom. The van der Waals surface area contributed by atoms with E-state index in [0.29, 0.717) is 24.1 Å². The Bertz CT molecular complexity index is 1060. The van der Waals surface area contributed by atoms with Crippen LogP contribution in [0.4, 0.5) is 5.88 Å². The van der Waals surface area contributed by atoms with E-state index < -0.39 is 0 Å². The fraction of sp³-hybridized carbons (Fsp3) is 0.0909. The van der Waals surface area contributed by atoms with E-state index in [1.54, 1.807) is 12.3 Å². The molecule has 138 valence electrons. The third-order valence-electron chi connectivity index (χ3n) is 4.10. The molecular weight excluding hydrogens is 354 g/mol. The summed E-state index contributed by atoms with van der Waals surface area (Å²) in [5.41, 5.74) is 2.44. The summed E-state index contributed by atoms with van der Waals surface area (Å²) in [5, 5.41) is 12.2. The molecule has 0 radical (unpaired) electrons. The van der Waals surface area contributed by atoms with Gasteiger partial charge in [-0.3, -0.25) is 0 Å². The molecule has 6 heteroatoms. The number of nitrogens with zero attached hydrogens (tertiary/aromatic N) is 2. The third kappa shape index (κ3) is 4.05. The van der Waals surface area contributed by atoms with Crippen molar-refractivity contribution in [3.05, 3.63) is 90.3 Å². The van der Waals surface area contributed by atoms with E-state index >= 15 is 0 Å². The van der Waals surface area contributed by atoms with E-state index in [-0.39, 0.29) is 12.3 Å². The molecule has 0 aliphatic rings. The maximum absolute atomic E-state index is 9.24. The highest BCUT2D eigenvalue weighted by Crippen LogP contribution is 2.23. The van der Waals surface area contributed by atoms with E-state index in [0.717, 1.165) is 16.9 Å². The number of benzene rings is 2. The molecule has 2 aromatic heterocycles. The summed E-state index contributed by atoms with van der Waals surface area (Å²) in [5.74, 6) is 2.06. The van der Waals surface area contributed by atoms with Crippen LogP contribution in [0.15, 0.2) is 81.8 Å². The summed E-state index contributed by atoms with van der Waals surface area (Å²) in [6.07, 6.45) is 1.59. The van der Waals surface area contributed by atoms with Gasteiger partial charge in [0.15, 0.2) is 6.61 Å². The molecular formula is C22H17N3O3. The van der Waals surface area contributed by atoms with Crippen LogP contribution in [0, 0.1) is 11.3 Å². The number of furan rings is 1. The van der Waals surface area contributed by atoms with Crippen LogP contribution in [0.1, 0.15) is 17.3 Å². The normalized spacial score (nSPS) is 10.4. The second kappa shape index (κ2) is 8.14. The standard InChI is InChI=1S/C22H17N3O3/c23-13-20-22(24-14-19-7-4-12-26-19)28-21(25-20)15-27-18-10-8-17(9-11-18)16-5-2-1-3-6-16/h1-12,24H,14-15H2. The van der Waals surface area contributed by atoms with Crippen LogP contribution < -0.4 is 10.1 Å².